The number of ether oxygens (including phenoxy) is 1. The summed E-state index contributed by atoms with van der Waals surface area (Å²) in [6.45, 7) is 8.10. The number of nitrogens with zero attached hydrogens (tertiary/aromatic N) is 4. The van der Waals surface area contributed by atoms with E-state index in [1.54, 1.807) is 11.1 Å². The molecule has 0 fully saturated rings. The average molecular weight is 439 g/mol. The molecule has 33 heavy (non-hydrogen) atoms. The summed E-state index contributed by atoms with van der Waals surface area (Å²) in [6.07, 6.45) is 1.22. The van der Waals surface area contributed by atoms with Crippen LogP contribution in [0.5, 0.6) is 5.75 Å². The minimum atomic E-state index is -0.463. The maximum atomic E-state index is 13.4. The maximum absolute atomic E-state index is 13.4. The van der Waals surface area contributed by atoms with Gasteiger partial charge in [-0.05, 0) is 56.7 Å². The Labute approximate surface area is 193 Å². The fourth-order valence-corrected chi connectivity index (χ4v) is 4.49. The van der Waals surface area contributed by atoms with Crippen LogP contribution in [0.2, 0.25) is 0 Å². The van der Waals surface area contributed by atoms with Crippen LogP contribution in [0.25, 0.3) is 10.9 Å². The van der Waals surface area contributed by atoms with Crippen molar-refractivity contribution < 1.29 is 9.53 Å². The van der Waals surface area contributed by atoms with Gasteiger partial charge in [0.2, 0.25) is 0 Å². The SMILES string of the molecule is CCN(CC)c1ccc(C2c3ccc4ccc(C)nc4c3OC(=O)N2c2ccccn2)cc1. The molecule has 4 aromatic rings. The number of anilines is 2. The standard InChI is InChI=1S/C27H26N4O2/c1-4-30(5-2)21-14-11-20(12-15-21)25-22-16-13-19-10-9-18(3)29-24(19)26(22)33-27(32)31(25)23-8-6-7-17-28-23/h6-17,25H,4-5H2,1-3H3. The second-order valence-electron chi connectivity index (χ2n) is 8.10. The lowest BCUT2D eigenvalue weighted by Gasteiger charge is -2.36. The second-order valence-corrected chi connectivity index (χ2v) is 8.10. The van der Waals surface area contributed by atoms with E-state index in [0.717, 1.165) is 41.0 Å². The largest absolute Gasteiger partial charge is 0.421 e. The number of carbonyl (C=O) groups excluding carboxylic acids is 1. The summed E-state index contributed by atoms with van der Waals surface area (Å²) in [5.74, 6) is 1.06. The van der Waals surface area contributed by atoms with E-state index in [4.69, 9.17) is 9.72 Å². The Balaban J connectivity index is 1.70. The highest BCUT2D eigenvalue weighted by Crippen LogP contribution is 2.44. The number of rotatable bonds is 5. The molecule has 6 nitrogen and oxygen atoms in total. The lowest BCUT2D eigenvalue weighted by molar-refractivity contribution is 0.201. The molecule has 0 bridgehead atoms. The van der Waals surface area contributed by atoms with Crippen LogP contribution in [0.3, 0.4) is 0 Å². The van der Waals surface area contributed by atoms with Gasteiger partial charge in [-0.2, -0.15) is 0 Å². The summed E-state index contributed by atoms with van der Waals surface area (Å²) in [6, 6.07) is 21.6. The van der Waals surface area contributed by atoms with E-state index in [2.05, 4.69) is 48.0 Å². The van der Waals surface area contributed by atoms with E-state index in [-0.39, 0.29) is 6.04 Å². The predicted molar refractivity (Wildman–Crippen MR) is 131 cm³/mol. The van der Waals surface area contributed by atoms with Gasteiger partial charge < -0.3 is 9.64 Å². The smallest absolute Gasteiger partial charge is 0.407 e. The van der Waals surface area contributed by atoms with Crippen LogP contribution in [0.4, 0.5) is 16.3 Å². The number of benzene rings is 2. The number of hydrogen-bond donors (Lipinski definition) is 0. The summed E-state index contributed by atoms with van der Waals surface area (Å²) in [7, 11) is 0. The van der Waals surface area contributed by atoms with Gasteiger partial charge in [0.15, 0.2) is 5.75 Å². The van der Waals surface area contributed by atoms with Crippen molar-refractivity contribution in [1.82, 2.24) is 9.97 Å². The van der Waals surface area contributed by atoms with Crippen LogP contribution in [-0.2, 0) is 0 Å². The van der Waals surface area contributed by atoms with Gasteiger partial charge in [0.05, 0.1) is 6.04 Å². The van der Waals surface area contributed by atoms with Crippen molar-refractivity contribution in [1.29, 1.82) is 0 Å². The molecule has 2 aromatic heterocycles. The first kappa shape index (κ1) is 20.9. The van der Waals surface area contributed by atoms with Gasteiger partial charge in [-0.1, -0.05) is 36.4 Å². The molecule has 166 valence electrons. The molecule has 0 saturated heterocycles. The molecule has 0 N–H and O–H groups in total. The molecule has 1 aliphatic rings. The molecule has 1 amide bonds. The highest BCUT2D eigenvalue weighted by atomic mass is 16.6. The van der Waals surface area contributed by atoms with Crippen molar-refractivity contribution in [2.45, 2.75) is 26.8 Å². The van der Waals surface area contributed by atoms with E-state index in [0.29, 0.717) is 17.1 Å². The Morgan fingerprint density at radius 1 is 0.970 bits per heavy atom. The third-order valence-electron chi connectivity index (χ3n) is 6.16. The quantitative estimate of drug-likeness (QED) is 0.389. The Hall–Kier alpha value is -3.93. The molecular weight excluding hydrogens is 412 g/mol. The van der Waals surface area contributed by atoms with Gasteiger partial charge in [0.25, 0.3) is 0 Å². The minimum absolute atomic E-state index is 0.381. The Morgan fingerprint density at radius 3 is 2.42 bits per heavy atom. The van der Waals surface area contributed by atoms with E-state index in [1.807, 2.05) is 49.4 Å². The van der Waals surface area contributed by atoms with Crippen LogP contribution >= 0.6 is 0 Å². The molecule has 3 heterocycles. The van der Waals surface area contributed by atoms with Gasteiger partial charge in [-0.15, -0.1) is 0 Å². The number of aryl methyl sites for hydroxylation is 1. The molecule has 1 unspecified atom stereocenters. The van der Waals surface area contributed by atoms with Crippen LogP contribution < -0.4 is 14.5 Å². The fourth-order valence-electron chi connectivity index (χ4n) is 4.49. The van der Waals surface area contributed by atoms with Gasteiger partial charge in [0.1, 0.15) is 11.3 Å². The molecule has 2 aromatic carbocycles. The molecule has 1 atom stereocenters. The molecule has 0 aliphatic carbocycles. The molecular formula is C27H26N4O2. The lowest BCUT2D eigenvalue weighted by Crippen LogP contribution is -2.42. The minimum Gasteiger partial charge on any atom is -0.407 e. The Bertz CT molecular complexity index is 1300. The van der Waals surface area contributed by atoms with Crippen LogP contribution in [-0.4, -0.2) is 29.2 Å². The van der Waals surface area contributed by atoms with Crippen LogP contribution in [0.15, 0.2) is 72.9 Å². The molecule has 5 rings (SSSR count). The lowest BCUT2D eigenvalue weighted by atomic mass is 9.93. The summed E-state index contributed by atoms with van der Waals surface area (Å²) >= 11 is 0. The van der Waals surface area contributed by atoms with Crippen molar-refractivity contribution >= 4 is 28.5 Å². The second kappa shape index (κ2) is 8.54. The molecule has 0 saturated carbocycles. The first-order valence-corrected chi connectivity index (χ1v) is 11.3. The van der Waals surface area contributed by atoms with Crippen LogP contribution in [0, 0.1) is 6.92 Å². The zero-order chi connectivity index (χ0) is 22.9. The zero-order valence-electron chi connectivity index (χ0n) is 19.0. The molecule has 6 heteroatoms. The van der Waals surface area contributed by atoms with E-state index in [1.165, 1.54) is 0 Å². The average Bonchev–Trinajstić information content (AvgIpc) is 2.85. The maximum Gasteiger partial charge on any atom is 0.421 e. The monoisotopic (exact) mass is 438 g/mol. The zero-order valence-corrected chi connectivity index (χ0v) is 19.0. The number of aromatic nitrogens is 2. The Kier molecular flexibility index (Phi) is 5.42. The topological polar surface area (TPSA) is 58.6 Å². The summed E-state index contributed by atoms with van der Waals surface area (Å²) < 4.78 is 5.89. The highest BCUT2D eigenvalue weighted by Gasteiger charge is 2.38. The fraction of sp³-hybridized carbons (Fsp3) is 0.222. The van der Waals surface area contributed by atoms with Gasteiger partial charge in [-0.3, -0.25) is 0 Å². The molecule has 0 spiro atoms. The third-order valence-corrected chi connectivity index (χ3v) is 6.16. The summed E-state index contributed by atoms with van der Waals surface area (Å²) in [5.41, 5.74) is 4.61. The number of carbonyl (C=O) groups is 1. The number of fused-ring (bicyclic) bond motifs is 3. The van der Waals surface area contributed by atoms with Crippen molar-refractivity contribution in [2.24, 2.45) is 0 Å². The van der Waals surface area contributed by atoms with Crippen LogP contribution in [0.1, 0.15) is 36.7 Å². The normalized spacial score (nSPS) is 15.3. The van der Waals surface area contributed by atoms with Gasteiger partial charge in [-0.25, -0.2) is 19.7 Å². The van der Waals surface area contributed by atoms with Gasteiger partial charge >= 0.3 is 6.09 Å². The number of pyridine rings is 2. The molecule has 0 radical (unpaired) electrons. The first-order valence-electron chi connectivity index (χ1n) is 11.3. The predicted octanol–water partition coefficient (Wildman–Crippen LogP) is 5.89. The van der Waals surface area contributed by atoms with E-state index >= 15 is 0 Å². The van der Waals surface area contributed by atoms with Crippen molar-refractivity contribution in [3.8, 4) is 5.75 Å². The highest BCUT2D eigenvalue weighted by molar-refractivity contribution is 5.97. The first-order chi connectivity index (χ1) is 16.1. The van der Waals surface area contributed by atoms with Gasteiger partial charge in [0, 0.05) is 41.6 Å². The Morgan fingerprint density at radius 2 is 1.73 bits per heavy atom. The van der Waals surface area contributed by atoms with E-state index in [9.17, 15) is 4.79 Å². The van der Waals surface area contributed by atoms with Crippen molar-refractivity contribution in [2.75, 3.05) is 22.9 Å². The van der Waals surface area contributed by atoms with Crippen molar-refractivity contribution in [3.05, 3.63) is 89.7 Å². The van der Waals surface area contributed by atoms with E-state index < -0.39 is 6.09 Å². The third kappa shape index (κ3) is 3.67. The van der Waals surface area contributed by atoms with Crippen molar-refractivity contribution in [3.63, 3.8) is 0 Å². The molecule has 1 aliphatic heterocycles. The number of hydrogen-bond acceptors (Lipinski definition) is 5. The summed E-state index contributed by atoms with van der Waals surface area (Å²) in [5, 5.41) is 0.939. The number of amides is 1. The summed E-state index contributed by atoms with van der Waals surface area (Å²) in [4.78, 5) is 26.4.